The number of amides is 1. The van der Waals surface area contributed by atoms with Crippen molar-refractivity contribution in [1.82, 2.24) is 24.0 Å². The maximum atomic E-state index is 13.7. The highest BCUT2D eigenvalue weighted by atomic mass is 32.2. The number of methoxy groups -OCH3 is 1. The van der Waals surface area contributed by atoms with Gasteiger partial charge >= 0.3 is 0 Å². The molecular weight excluding hydrogens is 602 g/mol. The lowest BCUT2D eigenvalue weighted by Gasteiger charge is -2.27. The smallest absolute Gasteiger partial charge is 0.254 e. The molecule has 3 fully saturated rings. The number of ether oxygens (including phenoxy) is 1. The molecule has 46 heavy (non-hydrogen) atoms. The fourth-order valence-corrected chi connectivity index (χ4v) is 8.18. The minimum atomic E-state index is -3.66. The molecule has 3 atom stereocenters. The molecule has 3 aromatic heterocycles. The van der Waals surface area contributed by atoms with E-state index < -0.39 is 10.0 Å². The number of aryl methyl sites for hydroxylation is 1. The first-order chi connectivity index (χ1) is 22.1. The number of nitrogens with two attached hydrogens (primary N) is 2. The Kier molecular flexibility index (Phi) is 6.75. The third-order valence-corrected chi connectivity index (χ3v) is 10.8. The van der Waals surface area contributed by atoms with Gasteiger partial charge in [0.05, 0.1) is 29.8 Å². The lowest BCUT2D eigenvalue weighted by Crippen LogP contribution is -2.41. The van der Waals surface area contributed by atoms with Gasteiger partial charge in [-0.15, -0.1) is 0 Å². The number of likely N-dealkylation sites (tertiary alicyclic amines) is 1. The third kappa shape index (κ3) is 4.95. The van der Waals surface area contributed by atoms with Gasteiger partial charge in [-0.25, -0.2) is 23.5 Å². The van der Waals surface area contributed by atoms with Crippen molar-refractivity contribution in [2.45, 2.75) is 50.1 Å². The highest BCUT2D eigenvalue weighted by Gasteiger charge is 2.47. The molecule has 0 radical (unpaired) electrons. The number of sulfonamides is 1. The Morgan fingerprint density at radius 2 is 1.87 bits per heavy atom. The number of pyridine rings is 1. The SMILES string of the molecule is COc1cc(C(=O)N2CC3CCC2C3N)cc2nc(-c3cc4ccc(-c5cccc(CS(N)(=O)=O)c5)nc4n3CC3CC3)n(C)c12. The summed E-state index contributed by atoms with van der Waals surface area (Å²) in [5.41, 5.74) is 12.4. The number of hydrogen-bond acceptors (Lipinski definition) is 7. The summed E-state index contributed by atoms with van der Waals surface area (Å²) in [6.07, 6.45) is 4.36. The molecular formula is C34H37N7O4S. The summed E-state index contributed by atoms with van der Waals surface area (Å²) in [7, 11) is -0.0606. The van der Waals surface area contributed by atoms with E-state index in [1.54, 1.807) is 13.2 Å². The highest BCUT2D eigenvalue weighted by Crippen LogP contribution is 2.40. The van der Waals surface area contributed by atoms with Crippen LogP contribution in [0.25, 0.3) is 44.8 Å². The van der Waals surface area contributed by atoms with Gasteiger partial charge in [0, 0.05) is 48.7 Å². The van der Waals surface area contributed by atoms with Crippen LogP contribution in [0.15, 0.2) is 54.6 Å². The predicted octanol–water partition coefficient (Wildman–Crippen LogP) is 4.03. The number of carbonyl (C=O) groups is 1. The van der Waals surface area contributed by atoms with E-state index in [1.807, 2.05) is 59.0 Å². The van der Waals surface area contributed by atoms with Gasteiger partial charge in [0.15, 0.2) is 5.82 Å². The molecule has 5 aromatic rings. The van der Waals surface area contributed by atoms with Crippen molar-refractivity contribution >= 4 is 38.0 Å². The Balaban J connectivity index is 1.22. The van der Waals surface area contributed by atoms with Crippen LogP contribution in [0.5, 0.6) is 5.75 Å². The van der Waals surface area contributed by atoms with Crippen molar-refractivity contribution in [2.75, 3.05) is 13.7 Å². The Hall–Kier alpha value is -4.26. The van der Waals surface area contributed by atoms with Crippen LogP contribution < -0.4 is 15.6 Å². The quantitative estimate of drug-likeness (QED) is 0.260. The predicted molar refractivity (Wildman–Crippen MR) is 176 cm³/mol. The summed E-state index contributed by atoms with van der Waals surface area (Å²) in [5, 5.41) is 6.28. The summed E-state index contributed by atoms with van der Waals surface area (Å²) in [5.74, 6) is 2.03. The monoisotopic (exact) mass is 639 g/mol. The molecule has 2 bridgehead atoms. The average Bonchev–Trinajstić information content (AvgIpc) is 3.43. The van der Waals surface area contributed by atoms with Gasteiger partial charge in [0.25, 0.3) is 5.91 Å². The largest absolute Gasteiger partial charge is 0.494 e. The Bertz CT molecular complexity index is 2150. The van der Waals surface area contributed by atoms with Gasteiger partial charge in [0.2, 0.25) is 10.0 Å². The zero-order valence-corrected chi connectivity index (χ0v) is 26.7. The third-order valence-electron chi connectivity index (χ3n) is 10.0. The molecule has 4 heterocycles. The molecule has 11 nitrogen and oxygen atoms in total. The Morgan fingerprint density at radius 3 is 2.57 bits per heavy atom. The number of piperidine rings is 1. The summed E-state index contributed by atoms with van der Waals surface area (Å²) < 4.78 is 33.6. The summed E-state index contributed by atoms with van der Waals surface area (Å²) in [6, 6.07) is 17.3. The van der Waals surface area contributed by atoms with Crippen molar-refractivity contribution in [3.8, 4) is 28.5 Å². The molecule has 12 heteroatoms. The fourth-order valence-electron chi connectivity index (χ4n) is 7.54. The number of imidazole rings is 1. The Morgan fingerprint density at radius 1 is 1.04 bits per heavy atom. The van der Waals surface area contributed by atoms with E-state index in [2.05, 4.69) is 10.6 Å². The lowest BCUT2D eigenvalue weighted by atomic mass is 10.1. The van der Waals surface area contributed by atoms with Crippen molar-refractivity contribution in [3.05, 3.63) is 65.7 Å². The van der Waals surface area contributed by atoms with Crippen LogP contribution in [0.3, 0.4) is 0 Å². The van der Waals surface area contributed by atoms with E-state index in [-0.39, 0.29) is 23.7 Å². The van der Waals surface area contributed by atoms with Crippen molar-refractivity contribution in [1.29, 1.82) is 0 Å². The number of hydrogen-bond donors (Lipinski definition) is 2. The van der Waals surface area contributed by atoms with E-state index >= 15 is 0 Å². The second-order valence-electron chi connectivity index (χ2n) is 13.2. The number of carbonyl (C=O) groups excluding carboxylic acids is 1. The van der Waals surface area contributed by atoms with Crippen molar-refractivity contribution in [2.24, 2.45) is 29.8 Å². The normalized spacial score (nSPS) is 21.1. The lowest BCUT2D eigenvalue weighted by molar-refractivity contribution is 0.0700. The molecule has 1 saturated heterocycles. The number of fused-ring (bicyclic) bond motifs is 4. The van der Waals surface area contributed by atoms with E-state index in [9.17, 15) is 13.2 Å². The second kappa shape index (κ2) is 10.6. The van der Waals surface area contributed by atoms with Gasteiger partial charge in [-0.3, -0.25) is 4.79 Å². The van der Waals surface area contributed by atoms with Crippen LogP contribution in [-0.2, 0) is 29.4 Å². The van der Waals surface area contributed by atoms with E-state index in [1.165, 1.54) is 0 Å². The van der Waals surface area contributed by atoms with Crippen LogP contribution in [0, 0.1) is 11.8 Å². The molecule has 2 saturated carbocycles. The first-order valence-electron chi connectivity index (χ1n) is 15.8. The Labute approximate surface area is 267 Å². The molecule has 2 aliphatic carbocycles. The minimum Gasteiger partial charge on any atom is -0.494 e. The maximum absolute atomic E-state index is 13.7. The van der Waals surface area contributed by atoms with Crippen LogP contribution in [0.2, 0.25) is 0 Å². The molecule has 0 spiro atoms. The number of nitrogens with zero attached hydrogens (tertiary/aromatic N) is 5. The number of rotatable bonds is 8. The van der Waals surface area contributed by atoms with Gasteiger partial charge in [-0.05, 0) is 79.5 Å². The van der Waals surface area contributed by atoms with Crippen molar-refractivity contribution < 1.29 is 17.9 Å². The molecule has 2 aromatic carbocycles. The topological polar surface area (TPSA) is 151 Å². The molecule has 3 unspecified atom stereocenters. The van der Waals surface area contributed by atoms with Crippen LogP contribution in [0.4, 0.5) is 0 Å². The first kappa shape index (κ1) is 29.2. The van der Waals surface area contributed by atoms with E-state index in [0.29, 0.717) is 40.8 Å². The van der Waals surface area contributed by atoms with E-state index in [0.717, 1.165) is 71.6 Å². The van der Waals surface area contributed by atoms with E-state index in [4.69, 9.17) is 25.6 Å². The second-order valence-corrected chi connectivity index (χ2v) is 14.8. The molecule has 4 N–H and O–H groups in total. The van der Waals surface area contributed by atoms with Crippen LogP contribution in [-0.4, -0.2) is 64.1 Å². The summed E-state index contributed by atoms with van der Waals surface area (Å²) in [6.45, 7) is 1.51. The fraction of sp³-hybridized carbons (Fsp3) is 0.382. The van der Waals surface area contributed by atoms with Crippen LogP contribution >= 0.6 is 0 Å². The highest BCUT2D eigenvalue weighted by molar-refractivity contribution is 7.88. The van der Waals surface area contributed by atoms with Gasteiger partial charge in [-0.1, -0.05) is 18.2 Å². The standard InChI is InChI=1S/C34H37N7O4S/c1-39-31-26(13-24(15-29(31)45-2)34(42)41-17-23-9-11-27(41)30(23)35)38-33(39)28-14-22-8-10-25(37-32(22)40(28)16-19-6-7-19)21-5-3-4-20(12-21)18-46(36,43)44/h3-5,8,10,12-15,19,23,27,30H,6-7,9,11,16-18,35H2,1-2H3,(H2,36,43,44). The molecule has 1 amide bonds. The molecule has 238 valence electrons. The maximum Gasteiger partial charge on any atom is 0.254 e. The average molecular weight is 640 g/mol. The van der Waals surface area contributed by atoms with Crippen molar-refractivity contribution in [3.63, 3.8) is 0 Å². The first-order valence-corrected chi connectivity index (χ1v) is 17.5. The van der Waals surface area contributed by atoms with Gasteiger partial charge < -0.3 is 24.5 Å². The number of aromatic nitrogens is 4. The summed E-state index contributed by atoms with van der Waals surface area (Å²) >= 11 is 0. The van der Waals surface area contributed by atoms with Gasteiger partial charge in [0.1, 0.15) is 16.9 Å². The zero-order chi connectivity index (χ0) is 31.9. The molecule has 3 aliphatic rings. The zero-order valence-electron chi connectivity index (χ0n) is 25.9. The number of primary sulfonamides is 1. The number of benzene rings is 2. The van der Waals surface area contributed by atoms with Gasteiger partial charge in [-0.2, -0.15) is 0 Å². The summed E-state index contributed by atoms with van der Waals surface area (Å²) in [4.78, 5) is 25.9. The minimum absolute atomic E-state index is 0.0252. The molecule has 1 aliphatic heterocycles. The molecule has 8 rings (SSSR count). The van der Waals surface area contributed by atoms with Crippen LogP contribution in [0.1, 0.15) is 41.6 Å².